The van der Waals surface area contributed by atoms with Crippen LogP contribution in [0.15, 0.2) is 36.4 Å². The molecule has 0 radical (unpaired) electrons. The number of hydrogen-bond donors (Lipinski definition) is 1. The lowest BCUT2D eigenvalue weighted by atomic mass is 10.2. The molecule has 0 atom stereocenters. The lowest BCUT2D eigenvalue weighted by molar-refractivity contribution is 0.460. The van der Waals surface area contributed by atoms with E-state index >= 15 is 0 Å². The van der Waals surface area contributed by atoms with Gasteiger partial charge in [-0.15, -0.1) is 0 Å². The fourth-order valence-corrected chi connectivity index (χ4v) is 1.18. The Balaban J connectivity index is 2.23. The van der Waals surface area contributed by atoms with Gasteiger partial charge in [0, 0.05) is 18.9 Å². The quantitative estimate of drug-likeness (QED) is 0.535. The Labute approximate surface area is 60.5 Å². The Morgan fingerprint density at radius 3 is 3.30 bits per heavy atom. The number of nitrogens with zero attached hydrogens (tertiary/aromatic N) is 1. The molecule has 2 aliphatic rings. The highest BCUT2D eigenvalue weighted by Gasteiger charge is 2.08. The van der Waals surface area contributed by atoms with Gasteiger partial charge in [-0.05, 0) is 18.6 Å². The largest absolute Gasteiger partial charge is 0.349 e. The van der Waals surface area contributed by atoms with E-state index in [-0.39, 0.29) is 0 Å². The van der Waals surface area contributed by atoms with E-state index < -0.39 is 0 Å². The number of hydrogen-bond acceptors (Lipinski definition) is 2. The van der Waals surface area contributed by atoms with E-state index in [0.717, 1.165) is 13.0 Å². The summed E-state index contributed by atoms with van der Waals surface area (Å²) in [5.74, 6) is 1.21. The maximum atomic E-state index is 3.18. The summed E-state index contributed by atoms with van der Waals surface area (Å²) in [5, 5.41) is 3.18. The van der Waals surface area contributed by atoms with Crippen molar-refractivity contribution in [2.45, 2.75) is 6.42 Å². The van der Waals surface area contributed by atoms with Gasteiger partial charge >= 0.3 is 0 Å². The molecule has 1 N–H and O–H groups in total. The SMILES string of the molecule is C1=CN2CC=CNC2=CC1. The van der Waals surface area contributed by atoms with E-state index in [0.29, 0.717) is 0 Å². The van der Waals surface area contributed by atoms with E-state index in [1.807, 2.05) is 6.20 Å². The van der Waals surface area contributed by atoms with Crippen LogP contribution in [0.25, 0.3) is 0 Å². The first kappa shape index (κ1) is 5.59. The van der Waals surface area contributed by atoms with Gasteiger partial charge in [-0.1, -0.05) is 6.08 Å². The lowest BCUT2D eigenvalue weighted by Gasteiger charge is -2.27. The topological polar surface area (TPSA) is 15.3 Å². The van der Waals surface area contributed by atoms with Crippen molar-refractivity contribution in [1.82, 2.24) is 10.2 Å². The molecule has 2 rings (SSSR count). The molecule has 0 bridgehead atoms. The maximum Gasteiger partial charge on any atom is 0.106 e. The van der Waals surface area contributed by atoms with E-state index in [9.17, 15) is 0 Å². The Morgan fingerprint density at radius 2 is 2.40 bits per heavy atom. The molecule has 0 fully saturated rings. The first-order chi connectivity index (χ1) is 4.97. The van der Waals surface area contributed by atoms with Crippen LogP contribution in [-0.4, -0.2) is 11.4 Å². The van der Waals surface area contributed by atoms with Gasteiger partial charge < -0.3 is 10.2 Å². The van der Waals surface area contributed by atoms with E-state index in [2.05, 4.69) is 34.6 Å². The molecule has 2 nitrogen and oxygen atoms in total. The van der Waals surface area contributed by atoms with Gasteiger partial charge in [0.25, 0.3) is 0 Å². The summed E-state index contributed by atoms with van der Waals surface area (Å²) in [7, 11) is 0. The van der Waals surface area contributed by atoms with Crippen molar-refractivity contribution < 1.29 is 0 Å². The molecule has 0 aromatic heterocycles. The zero-order valence-electron chi connectivity index (χ0n) is 5.75. The number of rotatable bonds is 0. The third-order valence-electron chi connectivity index (χ3n) is 1.69. The van der Waals surface area contributed by atoms with Gasteiger partial charge in [0.1, 0.15) is 5.82 Å². The first-order valence-corrected chi connectivity index (χ1v) is 3.52. The van der Waals surface area contributed by atoms with E-state index in [1.165, 1.54) is 5.82 Å². The molecule has 0 aromatic carbocycles. The zero-order valence-corrected chi connectivity index (χ0v) is 5.75. The molecule has 0 amide bonds. The van der Waals surface area contributed by atoms with Crippen molar-refractivity contribution in [2.24, 2.45) is 0 Å². The first-order valence-electron chi connectivity index (χ1n) is 3.52. The van der Waals surface area contributed by atoms with Crippen LogP contribution in [0.5, 0.6) is 0 Å². The van der Waals surface area contributed by atoms with Gasteiger partial charge in [0.15, 0.2) is 0 Å². The predicted molar refractivity (Wildman–Crippen MR) is 40.8 cm³/mol. The van der Waals surface area contributed by atoms with Gasteiger partial charge in [-0.2, -0.15) is 0 Å². The van der Waals surface area contributed by atoms with Crippen LogP contribution in [0.2, 0.25) is 0 Å². The molecule has 0 saturated heterocycles. The molecule has 0 aliphatic carbocycles. The number of fused-ring (bicyclic) bond motifs is 1. The van der Waals surface area contributed by atoms with Crippen molar-refractivity contribution in [2.75, 3.05) is 6.54 Å². The molecule has 2 heteroatoms. The molecule has 52 valence electrons. The Kier molecular flexibility index (Phi) is 1.24. The smallest absolute Gasteiger partial charge is 0.106 e. The minimum Gasteiger partial charge on any atom is -0.349 e. The highest BCUT2D eigenvalue weighted by molar-refractivity contribution is 5.17. The average molecular weight is 134 g/mol. The van der Waals surface area contributed by atoms with Crippen LogP contribution >= 0.6 is 0 Å². The standard InChI is InChI=1S/C8H10N2/c1-2-6-10-7-3-5-9-8(10)4-1/h2-6,9H,1,7H2. The average Bonchev–Trinajstić information content (AvgIpc) is 2.05. The predicted octanol–water partition coefficient (Wildman–Crippen LogP) is 1.16. The van der Waals surface area contributed by atoms with Gasteiger partial charge in [-0.3, -0.25) is 0 Å². The van der Waals surface area contributed by atoms with Crippen LogP contribution in [0, 0.1) is 0 Å². The second-order valence-corrected chi connectivity index (χ2v) is 2.41. The second-order valence-electron chi connectivity index (χ2n) is 2.41. The lowest BCUT2D eigenvalue weighted by Crippen LogP contribution is -2.29. The Hall–Kier alpha value is -1.18. The number of allylic oxidation sites excluding steroid dienone is 2. The zero-order chi connectivity index (χ0) is 6.81. The van der Waals surface area contributed by atoms with E-state index in [1.54, 1.807) is 0 Å². The highest BCUT2D eigenvalue weighted by Crippen LogP contribution is 2.12. The molecular weight excluding hydrogens is 124 g/mol. The van der Waals surface area contributed by atoms with Gasteiger partial charge in [-0.25, -0.2) is 0 Å². The molecule has 10 heavy (non-hydrogen) atoms. The van der Waals surface area contributed by atoms with Gasteiger partial charge in [0.05, 0.1) is 0 Å². The summed E-state index contributed by atoms with van der Waals surface area (Å²) in [6, 6.07) is 0. The third kappa shape index (κ3) is 0.817. The highest BCUT2D eigenvalue weighted by atomic mass is 15.2. The van der Waals surface area contributed by atoms with Crippen molar-refractivity contribution in [1.29, 1.82) is 0 Å². The molecule has 2 heterocycles. The molecular formula is C8H10N2. The summed E-state index contributed by atoms with van der Waals surface area (Å²) >= 11 is 0. The third-order valence-corrected chi connectivity index (χ3v) is 1.69. The summed E-state index contributed by atoms with van der Waals surface area (Å²) < 4.78 is 0. The molecule has 0 aromatic rings. The monoisotopic (exact) mass is 134 g/mol. The Morgan fingerprint density at radius 1 is 1.40 bits per heavy atom. The summed E-state index contributed by atoms with van der Waals surface area (Å²) in [6.45, 7) is 0.995. The molecule has 0 saturated carbocycles. The van der Waals surface area contributed by atoms with Crippen LogP contribution in [0.1, 0.15) is 6.42 Å². The summed E-state index contributed by atoms with van der Waals surface area (Å²) in [5.41, 5.74) is 0. The van der Waals surface area contributed by atoms with E-state index in [4.69, 9.17) is 0 Å². The minimum atomic E-state index is 0.995. The molecule has 0 spiro atoms. The second kappa shape index (κ2) is 2.21. The Bertz CT molecular complexity index is 213. The normalized spacial score (nSPS) is 21.6. The van der Waals surface area contributed by atoms with Crippen molar-refractivity contribution >= 4 is 0 Å². The van der Waals surface area contributed by atoms with Crippen molar-refractivity contribution in [3.8, 4) is 0 Å². The maximum absolute atomic E-state index is 3.18. The molecule has 0 unspecified atom stereocenters. The van der Waals surface area contributed by atoms with Crippen LogP contribution in [0.3, 0.4) is 0 Å². The van der Waals surface area contributed by atoms with Gasteiger partial charge in [0.2, 0.25) is 0 Å². The fraction of sp³-hybridized carbons (Fsp3) is 0.250. The molecule has 2 aliphatic heterocycles. The van der Waals surface area contributed by atoms with Crippen LogP contribution in [-0.2, 0) is 0 Å². The number of nitrogens with one attached hydrogen (secondary N) is 1. The van der Waals surface area contributed by atoms with Crippen LogP contribution < -0.4 is 5.32 Å². The van der Waals surface area contributed by atoms with Crippen molar-refractivity contribution in [3.05, 3.63) is 36.4 Å². The summed E-state index contributed by atoms with van der Waals surface area (Å²) in [4.78, 5) is 2.18. The summed E-state index contributed by atoms with van der Waals surface area (Å²) in [6.07, 6.45) is 11.6. The fourth-order valence-electron chi connectivity index (χ4n) is 1.18. The van der Waals surface area contributed by atoms with Crippen LogP contribution in [0.4, 0.5) is 0 Å². The van der Waals surface area contributed by atoms with Crippen molar-refractivity contribution in [3.63, 3.8) is 0 Å². The minimum absolute atomic E-state index is 0.995.